The van der Waals surface area contributed by atoms with Crippen LogP contribution in [0.4, 0.5) is 0 Å². The molecule has 0 saturated heterocycles. The van der Waals surface area contributed by atoms with Gasteiger partial charge in [-0.1, -0.05) is 0 Å². The minimum absolute atomic E-state index is 0.0279. The van der Waals surface area contributed by atoms with Crippen LogP contribution in [0.3, 0.4) is 0 Å². The van der Waals surface area contributed by atoms with Crippen molar-refractivity contribution >= 4 is 10.9 Å². The number of benzene rings is 1. The van der Waals surface area contributed by atoms with Crippen molar-refractivity contribution in [3.8, 4) is 17.2 Å². The highest BCUT2D eigenvalue weighted by molar-refractivity contribution is 5.87. The maximum Gasteiger partial charge on any atom is 0.221 e. The van der Waals surface area contributed by atoms with Crippen LogP contribution in [-0.4, -0.2) is 35.3 Å². The van der Waals surface area contributed by atoms with Crippen LogP contribution in [0.2, 0.25) is 0 Å². The first-order valence-corrected chi connectivity index (χ1v) is 7.00. The van der Waals surface area contributed by atoms with Gasteiger partial charge >= 0.3 is 0 Å². The fourth-order valence-corrected chi connectivity index (χ4v) is 2.21. The fraction of sp³-hybridized carbons (Fsp3) is 0.250. The predicted molar refractivity (Wildman–Crippen MR) is 82.5 cm³/mol. The van der Waals surface area contributed by atoms with E-state index in [1.807, 2.05) is 30.3 Å². The molecule has 0 saturated carbocycles. The molecule has 0 spiro atoms. The molecule has 3 aromatic rings. The average Bonchev–Trinajstić information content (AvgIpc) is 3.01. The summed E-state index contributed by atoms with van der Waals surface area (Å²) in [5, 5.41) is 13.6. The summed E-state index contributed by atoms with van der Waals surface area (Å²) in [6, 6.07) is 9.42. The minimum atomic E-state index is -0.0279. The van der Waals surface area contributed by atoms with Crippen LogP contribution in [0.25, 0.3) is 22.2 Å². The van der Waals surface area contributed by atoms with Crippen molar-refractivity contribution in [3.63, 3.8) is 0 Å². The van der Waals surface area contributed by atoms with Gasteiger partial charge in [-0.15, -0.1) is 0 Å². The Bertz CT molecular complexity index is 770. The molecule has 0 amide bonds. The van der Waals surface area contributed by atoms with Crippen molar-refractivity contribution in [1.29, 1.82) is 0 Å². The van der Waals surface area contributed by atoms with Gasteiger partial charge in [-0.25, -0.2) is 9.97 Å². The maximum atomic E-state index is 9.81. The predicted octanol–water partition coefficient (Wildman–Crippen LogP) is 2.33. The third kappa shape index (κ3) is 3.08. The molecule has 0 aliphatic carbocycles. The average molecular weight is 299 g/mol. The summed E-state index contributed by atoms with van der Waals surface area (Å²) in [6.45, 7) is 2.08. The first kappa shape index (κ1) is 14.5. The van der Waals surface area contributed by atoms with E-state index in [0.717, 1.165) is 23.6 Å². The largest absolute Gasteiger partial charge is 0.493 e. The molecule has 3 rings (SSSR count). The molecule has 22 heavy (non-hydrogen) atoms. The molecule has 114 valence electrons. The van der Waals surface area contributed by atoms with Gasteiger partial charge in [0.2, 0.25) is 5.88 Å². The monoisotopic (exact) mass is 299 g/mol. The zero-order valence-corrected chi connectivity index (χ0v) is 12.2. The molecule has 1 aromatic carbocycles. The highest BCUT2D eigenvalue weighted by Crippen LogP contribution is 2.28. The van der Waals surface area contributed by atoms with Crippen molar-refractivity contribution in [1.82, 2.24) is 15.3 Å². The number of rotatable bonds is 6. The van der Waals surface area contributed by atoms with E-state index in [9.17, 15) is 5.11 Å². The van der Waals surface area contributed by atoms with Crippen LogP contribution < -0.4 is 5.32 Å². The number of furan rings is 1. The summed E-state index contributed by atoms with van der Waals surface area (Å²) in [7, 11) is 1.67. The lowest BCUT2D eigenvalue weighted by Crippen LogP contribution is -2.18. The molecule has 0 aliphatic heterocycles. The molecular formula is C16H17N3O3. The number of hydrogen-bond acceptors (Lipinski definition) is 6. The lowest BCUT2D eigenvalue weighted by Gasteiger charge is -2.03. The van der Waals surface area contributed by atoms with Gasteiger partial charge in [-0.05, 0) is 30.3 Å². The molecule has 2 N–H and O–H groups in total. The van der Waals surface area contributed by atoms with Crippen LogP contribution in [0.5, 0.6) is 5.88 Å². The van der Waals surface area contributed by atoms with Gasteiger partial charge in [0.25, 0.3) is 0 Å². The molecule has 2 aromatic heterocycles. The summed E-state index contributed by atoms with van der Waals surface area (Å²) in [6.07, 6.45) is 1.34. The van der Waals surface area contributed by atoms with Crippen LogP contribution in [0, 0.1) is 0 Å². The fourth-order valence-electron chi connectivity index (χ4n) is 2.21. The van der Waals surface area contributed by atoms with Gasteiger partial charge in [-0.3, -0.25) is 0 Å². The van der Waals surface area contributed by atoms with Gasteiger partial charge in [0.1, 0.15) is 17.8 Å². The van der Waals surface area contributed by atoms with E-state index in [0.29, 0.717) is 24.1 Å². The Kier molecular flexibility index (Phi) is 4.32. The van der Waals surface area contributed by atoms with Crippen molar-refractivity contribution in [2.24, 2.45) is 0 Å². The molecule has 0 radical (unpaired) electrons. The van der Waals surface area contributed by atoms with Crippen molar-refractivity contribution in [2.45, 2.75) is 6.54 Å². The molecule has 6 heteroatoms. The van der Waals surface area contributed by atoms with E-state index in [1.54, 1.807) is 7.11 Å². The van der Waals surface area contributed by atoms with Gasteiger partial charge in [0, 0.05) is 19.2 Å². The standard InChI is InChI=1S/C16H17N3O3/c1-21-7-6-17-9-12-3-5-15(22-12)11-2-4-14-13(8-11)16(20)19-10-18-14/h2-5,8,10,17H,6-7,9H2,1H3,(H,18,19,20). The number of hydrogen-bond donors (Lipinski definition) is 2. The first-order valence-electron chi connectivity index (χ1n) is 7.00. The smallest absolute Gasteiger partial charge is 0.221 e. The summed E-state index contributed by atoms with van der Waals surface area (Å²) in [5.74, 6) is 1.56. The van der Waals surface area contributed by atoms with E-state index < -0.39 is 0 Å². The number of aromatic nitrogens is 2. The number of nitrogens with one attached hydrogen (secondary N) is 1. The summed E-state index contributed by atoms with van der Waals surface area (Å²) in [5.41, 5.74) is 1.57. The van der Waals surface area contributed by atoms with E-state index >= 15 is 0 Å². The molecule has 6 nitrogen and oxygen atoms in total. The molecule has 0 aliphatic rings. The summed E-state index contributed by atoms with van der Waals surface area (Å²) < 4.78 is 10.8. The minimum Gasteiger partial charge on any atom is -0.493 e. The SMILES string of the molecule is COCCNCc1ccc(-c2ccc3ncnc(O)c3c2)o1. The molecule has 0 bridgehead atoms. The molecule has 2 heterocycles. The summed E-state index contributed by atoms with van der Waals surface area (Å²) >= 11 is 0. The highest BCUT2D eigenvalue weighted by Gasteiger charge is 2.08. The maximum absolute atomic E-state index is 9.81. The molecule has 0 fully saturated rings. The Morgan fingerprint density at radius 1 is 1.23 bits per heavy atom. The normalized spacial score (nSPS) is 11.1. The van der Waals surface area contributed by atoms with Gasteiger partial charge in [-0.2, -0.15) is 0 Å². The quantitative estimate of drug-likeness (QED) is 0.680. The third-order valence-electron chi connectivity index (χ3n) is 3.34. The Balaban J connectivity index is 1.79. The zero-order chi connectivity index (χ0) is 15.4. The lowest BCUT2D eigenvalue weighted by molar-refractivity contribution is 0.198. The number of ether oxygens (including phenoxy) is 1. The second kappa shape index (κ2) is 6.55. The molecular weight excluding hydrogens is 282 g/mol. The van der Waals surface area contributed by atoms with Crippen molar-refractivity contribution in [2.75, 3.05) is 20.3 Å². The van der Waals surface area contributed by atoms with Crippen LogP contribution in [0.15, 0.2) is 41.1 Å². The van der Waals surface area contributed by atoms with Crippen LogP contribution in [0.1, 0.15) is 5.76 Å². The first-order chi connectivity index (χ1) is 10.8. The second-order valence-electron chi connectivity index (χ2n) is 4.86. The van der Waals surface area contributed by atoms with Gasteiger partial charge in [0.05, 0.1) is 24.1 Å². The Morgan fingerprint density at radius 3 is 3.00 bits per heavy atom. The Labute approximate surface area is 127 Å². The summed E-state index contributed by atoms with van der Waals surface area (Å²) in [4.78, 5) is 7.91. The molecule has 0 unspecified atom stereocenters. The number of nitrogens with zero attached hydrogens (tertiary/aromatic N) is 2. The van der Waals surface area contributed by atoms with E-state index in [1.165, 1.54) is 6.33 Å². The van der Waals surface area contributed by atoms with Crippen LogP contribution in [-0.2, 0) is 11.3 Å². The van der Waals surface area contributed by atoms with E-state index in [4.69, 9.17) is 9.15 Å². The second-order valence-corrected chi connectivity index (χ2v) is 4.86. The Morgan fingerprint density at radius 2 is 2.14 bits per heavy atom. The van der Waals surface area contributed by atoms with E-state index in [2.05, 4.69) is 15.3 Å². The van der Waals surface area contributed by atoms with Crippen molar-refractivity contribution in [3.05, 3.63) is 42.4 Å². The lowest BCUT2D eigenvalue weighted by atomic mass is 10.1. The van der Waals surface area contributed by atoms with E-state index in [-0.39, 0.29) is 5.88 Å². The van der Waals surface area contributed by atoms with Crippen LogP contribution >= 0.6 is 0 Å². The topological polar surface area (TPSA) is 80.4 Å². The Hall–Kier alpha value is -2.44. The van der Waals surface area contributed by atoms with Crippen molar-refractivity contribution < 1.29 is 14.3 Å². The highest BCUT2D eigenvalue weighted by atomic mass is 16.5. The number of fused-ring (bicyclic) bond motifs is 1. The number of methoxy groups -OCH3 is 1. The zero-order valence-electron chi connectivity index (χ0n) is 12.2. The van der Waals surface area contributed by atoms with Gasteiger partial charge < -0.3 is 19.6 Å². The number of aromatic hydroxyl groups is 1. The third-order valence-corrected chi connectivity index (χ3v) is 3.34. The molecule has 0 atom stereocenters. The van der Waals surface area contributed by atoms with Gasteiger partial charge in [0.15, 0.2) is 0 Å².